The highest BCUT2D eigenvalue weighted by molar-refractivity contribution is 6.30. The van der Waals surface area contributed by atoms with Gasteiger partial charge in [0.05, 0.1) is 6.10 Å². The monoisotopic (exact) mass is 260 g/mol. The summed E-state index contributed by atoms with van der Waals surface area (Å²) in [5.41, 5.74) is 0.747. The highest BCUT2D eigenvalue weighted by atomic mass is 35.5. The molecule has 1 N–H and O–H groups in total. The minimum absolute atomic E-state index is 0.663. The van der Waals surface area contributed by atoms with Crippen molar-refractivity contribution in [2.24, 2.45) is 0 Å². The fourth-order valence-electron chi connectivity index (χ4n) is 1.54. The van der Waals surface area contributed by atoms with E-state index in [1.54, 1.807) is 30.3 Å². The maximum absolute atomic E-state index is 9.67. The molecule has 1 atom stereocenters. The zero-order chi connectivity index (χ0) is 13.0. The molecule has 0 aromatic heterocycles. The molecule has 1 unspecified atom stereocenters. The number of ether oxygens (including phenoxy) is 1. The van der Waals surface area contributed by atoms with Crippen LogP contribution in [-0.2, 0) is 0 Å². The van der Waals surface area contributed by atoms with Gasteiger partial charge in [0.25, 0.3) is 0 Å². The predicted octanol–water partition coefficient (Wildman–Crippen LogP) is 4.35. The van der Waals surface area contributed by atoms with Gasteiger partial charge in [0.1, 0.15) is 11.5 Å². The van der Waals surface area contributed by atoms with E-state index in [0.717, 1.165) is 5.56 Å². The molecule has 0 aliphatic heterocycles. The normalized spacial score (nSPS) is 11.9. The van der Waals surface area contributed by atoms with E-state index in [9.17, 15) is 5.11 Å². The van der Waals surface area contributed by atoms with E-state index < -0.39 is 6.10 Å². The molecule has 18 heavy (non-hydrogen) atoms. The van der Waals surface area contributed by atoms with Crippen molar-refractivity contribution in [2.45, 2.75) is 6.10 Å². The van der Waals surface area contributed by atoms with Crippen molar-refractivity contribution in [3.8, 4) is 11.5 Å². The zero-order valence-corrected chi connectivity index (χ0v) is 10.5. The van der Waals surface area contributed by atoms with Gasteiger partial charge in [-0.25, -0.2) is 0 Å². The lowest BCUT2D eigenvalue weighted by molar-refractivity contribution is 0.228. The molecule has 2 aromatic rings. The summed E-state index contributed by atoms with van der Waals surface area (Å²) in [6.07, 6.45) is 0.792. The number of aliphatic hydroxyl groups excluding tert-OH is 1. The highest BCUT2D eigenvalue weighted by Crippen LogP contribution is 2.25. The molecule has 0 amide bonds. The molecule has 0 aliphatic carbocycles. The van der Waals surface area contributed by atoms with Crippen molar-refractivity contribution >= 4 is 11.6 Å². The van der Waals surface area contributed by atoms with Gasteiger partial charge in [0.15, 0.2) is 0 Å². The molecule has 2 aromatic carbocycles. The zero-order valence-electron chi connectivity index (χ0n) is 9.71. The predicted molar refractivity (Wildman–Crippen MR) is 73.1 cm³/mol. The standard InChI is InChI=1S/C15H13ClO2/c1-2-15(17)11-4-3-5-14(10-11)18-13-8-6-12(16)7-9-13/h2-10,15,17H,1H2. The maximum atomic E-state index is 9.67. The van der Waals surface area contributed by atoms with Crippen LogP contribution in [0, 0.1) is 0 Å². The van der Waals surface area contributed by atoms with Crippen LogP contribution < -0.4 is 4.74 Å². The molecule has 0 spiro atoms. The Balaban J connectivity index is 2.19. The van der Waals surface area contributed by atoms with Crippen molar-refractivity contribution in [2.75, 3.05) is 0 Å². The molecule has 2 nitrogen and oxygen atoms in total. The Kier molecular flexibility index (Phi) is 4.03. The van der Waals surface area contributed by atoms with Gasteiger partial charge in [-0.15, -0.1) is 6.58 Å². The van der Waals surface area contributed by atoms with Crippen molar-refractivity contribution in [3.05, 3.63) is 71.8 Å². The fourth-order valence-corrected chi connectivity index (χ4v) is 1.66. The van der Waals surface area contributed by atoms with Crippen LogP contribution in [0.3, 0.4) is 0 Å². The van der Waals surface area contributed by atoms with Crippen molar-refractivity contribution in [3.63, 3.8) is 0 Å². The van der Waals surface area contributed by atoms with Gasteiger partial charge < -0.3 is 9.84 Å². The average molecular weight is 261 g/mol. The lowest BCUT2D eigenvalue weighted by Gasteiger charge is -2.09. The lowest BCUT2D eigenvalue weighted by atomic mass is 10.1. The smallest absolute Gasteiger partial charge is 0.127 e. The maximum Gasteiger partial charge on any atom is 0.127 e. The number of hydrogen-bond acceptors (Lipinski definition) is 2. The first-order valence-corrected chi connectivity index (χ1v) is 5.91. The number of aliphatic hydroxyl groups is 1. The second-order valence-electron chi connectivity index (χ2n) is 3.81. The molecule has 0 bridgehead atoms. The summed E-state index contributed by atoms with van der Waals surface area (Å²) in [7, 11) is 0. The second-order valence-corrected chi connectivity index (χ2v) is 4.25. The van der Waals surface area contributed by atoms with Crippen molar-refractivity contribution in [1.29, 1.82) is 0 Å². The molecule has 2 rings (SSSR count). The first-order chi connectivity index (χ1) is 8.69. The Morgan fingerprint density at radius 3 is 2.50 bits per heavy atom. The molecule has 92 valence electrons. The van der Waals surface area contributed by atoms with Crippen LogP contribution in [0.25, 0.3) is 0 Å². The summed E-state index contributed by atoms with van der Waals surface area (Å²) in [5.74, 6) is 1.36. The van der Waals surface area contributed by atoms with Gasteiger partial charge in [-0.05, 0) is 42.0 Å². The summed E-state index contributed by atoms with van der Waals surface area (Å²) in [6, 6.07) is 14.4. The van der Waals surface area contributed by atoms with Crippen molar-refractivity contribution in [1.82, 2.24) is 0 Å². The van der Waals surface area contributed by atoms with Gasteiger partial charge in [-0.2, -0.15) is 0 Å². The Morgan fingerprint density at radius 1 is 1.11 bits per heavy atom. The molecule has 0 radical (unpaired) electrons. The third-order valence-electron chi connectivity index (χ3n) is 2.47. The Bertz CT molecular complexity index is 534. The number of benzene rings is 2. The van der Waals surface area contributed by atoms with Gasteiger partial charge in [-0.1, -0.05) is 29.8 Å². The third-order valence-corrected chi connectivity index (χ3v) is 2.72. The first kappa shape index (κ1) is 12.7. The topological polar surface area (TPSA) is 29.5 Å². The average Bonchev–Trinajstić information content (AvgIpc) is 2.41. The summed E-state index contributed by atoms with van der Waals surface area (Å²) < 4.78 is 5.66. The SMILES string of the molecule is C=CC(O)c1cccc(Oc2ccc(Cl)cc2)c1. The van der Waals surface area contributed by atoms with Crippen LogP contribution in [0.15, 0.2) is 61.2 Å². The molecular weight excluding hydrogens is 248 g/mol. The second kappa shape index (κ2) is 5.71. The first-order valence-electron chi connectivity index (χ1n) is 5.53. The summed E-state index contributed by atoms with van der Waals surface area (Å²) >= 11 is 5.80. The number of halogens is 1. The van der Waals surface area contributed by atoms with Crippen LogP contribution in [0.1, 0.15) is 11.7 Å². The molecule has 0 fully saturated rings. The summed E-state index contributed by atoms with van der Waals surface area (Å²) in [4.78, 5) is 0. The van der Waals surface area contributed by atoms with E-state index in [2.05, 4.69) is 6.58 Å². The number of rotatable bonds is 4. The van der Waals surface area contributed by atoms with E-state index >= 15 is 0 Å². The quantitative estimate of drug-likeness (QED) is 0.828. The van der Waals surface area contributed by atoms with Crippen molar-refractivity contribution < 1.29 is 9.84 Å². The Hall–Kier alpha value is -1.77. The van der Waals surface area contributed by atoms with E-state index in [1.807, 2.05) is 18.2 Å². The van der Waals surface area contributed by atoms with Crippen LogP contribution in [0.4, 0.5) is 0 Å². The molecule has 0 aliphatic rings. The van der Waals surface area contributed by atoms with E-state index in [4.69, 9.17) is 16.3 Å². The Labute approximate surface area is 111 Å². The fraction of sp³-hybridized carbons (Fsp3) is 0.0667. The van der Waals surface area contributed by atoms with Gasteiger partial charge in [0, 0.05) is 5.02 Å². The van der Waals surface area contributed by atoms with Gasteiger partial charge in [-0.3, -0.25) is 0 Å². The molecule has 3 heteroatoms. The lowest BCUT2D eigenvalue weighted by Crippen LogP contribution is -1.93. The van der Waals surface area contributed by atoms with Gasteiger partial charge in [0.2, 0.25) is 0 Å². The van der Waals surface area contributed by atoms with E-state index in [-0.39, 0.29) is 0 Å². The minimum Gasteiger partial charge on any atom is -0.457 e. The molecular formula is C15H13ClO2. The summed E-state index contributed by atoms with van der Waals surface area (Å²) in [5, 5.41) is 10.3. The third kappa shape index (κ3) is 3.13. The van der Waals surface area contributed by atoms with Crippen LogP contribution in [-0.4, -0.2) is 5.11 Å². The van der Waals surface area contributed by atoms with Crippen LogP contribution in [0.2, 0.25) is 5.02 Å². The Morgan fingerprint density at radius 2 is 1.83 bits per heavy atom. The molecule has 0 saturated heterocycles. The molecule has 0 heterocycles. The summed E-state index contributed by atoms with van der Waals surface area (Å²) in [6.45, 7) is 3.55. The minimum atomic E-state index is -0.682. The highest BCUT2D eigenvalue weighted by Gasteiger charge is 2.04. The van der Waals surface area contributed by atoms with Crippen LogP contribution in [0.5, 0.6) is 11.5 Å². The van der Waals surface area contributed by atoms with E-state index in [1.165, 1.54) is 6.08 Å². The largest absolute Gasteiger partial charge is 0.457 e. The number of hydrogen-bond donors (Lipinski definition) is 1. The van der Waals surface area contributed by atoms with Crippen LogP contribution >= 0.6 is 11.6 Å². The van der Waals surface area contributed by atoms with Gasteiger partial charge >= 0.3 is 0 Å². The molecule has 0 saturated carbocycles. The van der Waals surface area contributed by atoms with E-state index in [0.29, 0.717) is 16.5 Å².